The molecule has 1 amide bonds. The van der Waals surface area contributed by atoms with Crippen LogP contribution in [-0.2, 0) is 4.79 Å². The average Bonchev–Trinajstić information content (AvgIpc) is 3.22. The summed E-state index contributed by atoms with van der Waals surface area (Å²) >= 11 is 16.0. The number of anilines is 1. The van der Waals surface area contributed by atoms with Gasteiger partial charge in [-0.25, -0.2) is 4.39 Å². The fraction of sp³-hybridized carbons (Fsp3) is 0.120. The molecule has 8 heteroatoms. The van der Waals surface area contributed by atoms with Crippen molar-refractivity contribution in [2.24, 2.45) is 5.10 Å². The molecule has 4 nitrogen and oxygen atoms in total. The number of hydrogen-bond acceptors (Lipinski definition) is 3. The monoisotopic (exact) mass is 545 g/mol. The van der Waals surface area contributed by atoms with Gasteiger partial charge in [0.05, 0.1) is 29.0 Å². The van der Waals surface area contributed by atoms with Crippen LogP contribution in [0.3, 0.4) is 0 Å². The van der Waals surface area contributed by atoms with Crippen LogP contribution in [0, 0.1) is 5.82 Å². The van der Waals surface area contributed by atoms with Gasteiger partial charge in [0.2, 0.25) is 5.91 Å². The Morgan fingerprint density at radius 2 is 1.85 bits per heavy atom. The van der Waals surface area contributed by atoms with Crippen LogP contribution in [0.25, 0.3) is 6.08 Å². The Balaban J connectivity index is 1.49. The van der Waals surface area contributed by atoms with E-state index in [1.54, 1.807) is 30.3 Å². The van der Waals surface area contributed by atoms with Crippen LogP contribution in [0.2, 0.25) is 10.0 Å². The second-order valence-electron chi connectivity index (χ2n) is 7.48. The number of nitrogens with zero attached hydrogens (tertiary/aromatic N) is 2. The quantitative estimate of drug-likeness (QED) is 0.337. The number of halogens is 4. The Morgan fingerprint density at radius 1 is 1.12 bits per heavy atom. The third kappa shape index (κ3) is 6.02. The van der Waals surface area contributed by atoms with Crippen molar-refractivity contribution in [3.8, 4) is 0 Å². The molecule has 1 aliphatic rings. The largest absolute Gasteiger partial charge is 0.347 e. The van der Waals surface area contributed by atoms with Gasteiger partial charge in [-0.2, -0.15) is 5.10 Å². The number of benzene rings is 3. The molecule has 1 N–H and O–H groups in total. The highest BCUT2D eigenvalue weighted by Gasteiger charge is 2.30. The van der Waals surface area contributed by atoms with Gasteiger partial charge in [0, 0.05) is 22.0 Å². The SMILES string of the molecule is O=C(/C=C/c1ccc(F)cc1)NCC1=NN(c2ccc(Cl)cc2Cl)C(c2ccc(Br)cc2)C1. The van der Waals surface area contributed by atoms with Gasteiger partial charge >= 0.3 is 0 Å². The van der Waals surface area contributed by atoms with Crippen molar-refractivity contribution in [3.63, 3.8) is 0 Å². The van der Waals surface area contributed by atoms with Gasteiger partial charge < -0.3 is 5.32 Å². The minimum absolute atomic E-state index is 0.0709. The zero-order valence-corrected chi connectivity index (χ0v) is 20.4. The second kappa shape index (κ2) is 10.5. The van der Waals surface area contributed by atoms with Crippen molar-refractivity contribution in [1.29, 1.82) is 0 Å². The highest BCUT2D eigenvalue weighted by atomic mass is 79.9. The molecule has 1 heterocycles. The van der Waals surface area contributed by atoms with E-state index in [9.17, 15) is 9.18 Å². The van der Waals surface area contributed by atoms with Crippen LogP contribution in [0.1, 0.15) is 23.6 Å². The van der Waals surface area contributed by atoms with E-state index in [0.717, 1.165) is 27.0 Å². The zero-order chi connectivity index (χ0) is 23.4. The number of nitrogens with one attached hydrogen (secondary N) is 1. The molecule has 0 aromatic heterocycles. The second-order valence-corrected chi connectivity index (χ2v) is 9.24. The Bertz CT molecular complexity index is 1210. The third-order valence-corrected chi connectivity index (χ3v) is 6.22. The molecule has 3 aromatic carbocycles. The molecular weight excluding hydrogens is 528 g/mol. The predicted octanol–water partition coefficient (Wildman–Crippen LogP) is 7.03. The van der Waals surface area contributed by atoms with E-state index < -0.39 is 0 Å². The van der Waals surface area contributed by atoms with E-state index in [2.05, 4.69) is 21.2 Å². The highest BCUT2D eigenvalue weighted by Crippen LogP contribution is 2.39. The number of hydrogen-bond donors (Lipinski definition) is 1. The Morgan fingerprint density at radius 3 is 2.55 bits per heavy atom. The molecule has 3 aromatic rings. The van der Waals surface area contributed by atoms with Crippen LogP contribution in [0.4, 0.5) is 10.1 Å². The van der Waals surface area contributed by atoms with E-state index in [1.165, 1.54) is 18.2 Å². The first-order valence-electron chi connectivity index (χ1n) is 10.2. The van der Waals surface area contributed by atoms with Gasteiger partial charge in [-0.05, 0) is 59.7 Å². The van der Waals surface area contributed by atoms with Crippen LogP contribution in [-0.4, -0.2) is 18.2 Å². The maximum Gasteiger partial charge on any atom is 0.244 e. The van der Waals surface area contributed by atoms with E-state index in [1.807, 2.05) is 35.3 Å². The van der Waals surface area contributed by atoms with Crippen molar-refractivity contribution >= 4 is 62.5 Å². The number of amides is 1. The lowest BCUT2D eigenvalue weighted by atomic mass is 10.0. The molecule has 0 radical (unpaired) electrons. The summed E-state index contributed by atoms with van der Waals surface area (Å²) in [5.74, 6) is -0.577. The molecule has 4 rings (SSSR count). The first kappa shape index (κ1) is 23.5. The smallest absolute Gasteiger partial charge is 0.244 e. The fourth-order valence-corrected chi connectivity index (χ4v) is 4.27. The number of carbonyl (C=O) groups excluding carboxylic acids is 1. The van der Waals surface area contributed by atoms with Crippen molar-refractivity contribution in [2.45, 2.75) is 12.5 Å². The number of carbonyl (C=O) groups is 1. The molecule has 0 spiro atoms. The van der Waals surface area contributed by atoms with Crippen molar-refractivity contribution in [2.75, 3.05) is 11.6 Å². The summed E-state index contributed by atoms with van der Waals surface area (Å²) in [4.78, 5) is 12.3. The van der Waals surface area contributed by atoms with E-state index in [0.29, 0.717) is 23.0 Å². The predicted molar refractivity (Wildman–Crippen MR) is 136 cm³/mol. The number of hydrazone groups is 1. The van der Waals surface area contributed by atoms with Crippen molar-refractivity contribution in [1.82, 2.24) is 5.32 Å². The van der Waals surface area contributed by atoms with Crippen molar-refractivity contribution < 1.29 is 9.18 Å². The molecule has 0 saturated carbocycles. The van der Waals surface area contributed by atoms with Crippen molar-refractivity contribution in [3.05, 3.63) is 104 Å². The van der Waals surface area contributed by atoms with E-state index in [-0.39, 0.29) is 17.8 Å². The van der Waals surface area contributed by atoms with Gasteiger partial charge in [-0.15, -0.1) is 0 Å². The summed E-state index contributed by atoms with van der Waals surface area (Å²) in [6.07, 6.45) is 3.68. The lowest BCUT2D eigenvalue weighted by molar-refractivity contribution is -0.116. The average molecular weight is 547 g/mol. The van der Waals surface area contributed by atoms with Crippen LogP contribution in [0.15, 0.2) is 82.4 Å². The first-order valence-corrected chi connectivity index (χ1v) is 11.7. The molecule has 168 valence electrons. The van der Waals surface area contributed by atoms with Crippen LogP contribution in [0.5, 0.6) is 0 Å². The van der Waals surface area contributed by atoms with Gasteiger partial charge in [0.1, 0.15) is 5.82 Å². The Kier molecular flexibility index (Phi) is 7.48. The van der Waals surface area contributed by atoms with Gasteiger partial charge in [0.15, 0.2) is 0 Å². The lowest BCUT2D eigenvalue weighted by Crippen LogP contribution is -2.27. The highest BCUT2D eigenvalue weighted by molar-refractivity contribution is 9.10. The summed E-state index contributed by atoms with van der Waals surface area (Å²) in [5, 5.41) is 10.5. The lowest BCUT2D eigenvalue weighted by Gasteiger charge is -2.25. The first-order chi connectivity index (χ1) is 15.9. The van der Waals surface area contributed by atoms with Gasteiger partial charge in [-0.3, -0.25) is 9.80 Å². The van der Waals surface area contributed by atoms with Crippen LogP contribution >= 0.6 is 39.1 Å². The van der Waals surface area contributed by atoms with E-state index >= 15 is 0 Å². The van der Waals surface area contributed by atoms with E-state index in [4.69, 9.17) is 28.3 Å². The van der Waals surface area contributed by atoms with Gasteiger partial charge in [-0.1, -0.05) is 63.4 Å². The normalized spacial score (nSPS) is 15.7. The molecular formula is C25H19BrCl2FN3O. The zero-order valence-electron chi connectivity index (χ0n) is 17.3. The summed E-state index contributed by atoms with van der Waals surface area (Å²) in [7, 11) is 0. The Hall–Kier alpha value is -2.67. The minimum atomic E-state index is -0.318. The fourth-order valence-electron chi connectivity index (χ4n) is 3.51. The topological polar surface area (TPSA) is 44.7 Å². The summed E-state index contributed by atoms with van der Waals surface area (Å²) in [5.41, 5.74) is 3.37. The summed E-state index contributed by atoms with van der Waals surface area (Å²) < 4.78 is 14.0. The van der Waals surface area contributed by atoms with Crippen LogP contribution < -0.4 is 10.3 Å². The van der Waals surface area contributed by atoms with Gasteiger partial charge in [0.25, 0.3) is 0 Å². The summed E-state index contributed by atoms with van der Waals surface area (Å²) in [6.45, 7) is 0.293. The number of rotatable bonds is 6. The molecule has 33 heavy (non-hydrogen) atoms. The maximum atomic E-state index is 13.0. The molecule has 0 bridgehead atoms. The summed E-state index contributed by atoms with van der Waals surface area (Å²) in [6, 6.07) is 19.2. The third-order valence-electron chi connectivity index (χ3n) is 5.15. The molecule has 0 fully saturated rings. The molecule has 1 unspecified atom stereocenters. The minimum Gasteiger partial charge on any atom is -0.347 e. The molecule has 1 atom stereocenters. The molecule has 0 saturated heterocycles. The molecule has 1 aliphatic heterocycles. The standard InChI is InChI=1S/C25H19BrCl2FN3O/c26-18-6-4-17(5-7-18)24-14-21(31-32(24)23-11-8-19(27)13-22(23)28)15-30-25(33)12-3-16-1-9-20(29)10-2-16/h1-13,24H,14-15H2,(H,30,33)/b12-3+. The molecule has 0 aliphatic carbocycles. The Labute approximate surface area is 209 Å². The maximum absolute atomic E-state index is 13.0.